The maximum atomic E-state index is 10.6. The number of aliphatic hydroxyl groups excluding tert-OH is 1. The van der Waals surface area contributed by atoms with Gasteiger partial charge in [0, 0.05) is 0 Å². The average molecular weight is 240 g/mol. The first-order chi connectivity index (χ1) is 6.89. The van der Waals surface area contributed by atoms with E-state index in [-0.39, 0.29) is 6.10 Å². The highest BCUT2D eigenvalue weighted by Crippen LogP contribution is 2.08. The number of rotatable bonds is 8. The van der Waals surface area contributed by atoms with Gasteiger partial charge in [0.1, 0.15) is 5.75 Å². The first-order valence-corrected chi connectivity index (χ1v) is 6.71. The third-order valence-electron chi connectivity index (χ3n) is 1.99. The highest BCUT2D eigenvalue weighted by atomic mass is 32.2. The van der Waals surface area contributed by atoms with E-state index in [0.717, 1.165) is 19.3 Å². The van der Waals surface area contributed by atoms with E-state index in [1.54, 1.807) is 0 Å². The largest absolute Gasteiger partial charge is 0.394 e. The van der Waals surface area contributed by atoms with Gasteiger partial charge in [0.15, 0.2) is 0 Å². The minimum Gasteiger partial charge on any atom is -0.394 e. The van der Waals surface area contributed by atoms with Crippen LogP contribution in [0.15, 0.2) is 0 Å². The summed E-state index contributed by atoms with van der Waals surface area (Å²) in [6, 6.07) is 0. The van der Waals surface area contributed by atoms with Crippen LogP contribution in [0.4, 0.5) is 0 Å². The molecule has 92 valence electrons. The molecule has 2 N–H and O–H groups in total. The van der Waals surface area contributed by atoms with Gasteiger partial charge in [-0.25, -0.2) is 0 Å². The molecule has 0 aliphatic carbocycles. The molecule has 0 radical (unpaired) electrons. The molecule has 0 saturated carbocycles. The summed E-state index contributed by atoms with van der Waals surface area (Å²) >= 11 is 0. The van der Waals surface area contributed by atoms with Crippen LogP contribution in [0.3, 0.4) is 0 Å². The lowest BCUT2D eigenvalue weighted by molar-refractivity contribution is -0.0233. The zero-order chi connectivity index (χ0) is 11.9. The van der Waals surface area contributed by atoms with Crippen LogP contribution in [0.1, 0.15) is 33.1 Å². The minimum absolute atomic E-state index is 0.108. The summed E-state index contributed by atoms with van der Waals surface area (Å²) in [5.74, 6) is -0.556. The van der Waals surface area contributed by atoms with Crippen molar-refractivity contribution in [3.8, 4) is 0 Å². The Morgan fingerprint density at radius 2 is 2.00 bits per heavy atom. The summed E-state index contributed by atoms with van der Waals surface area (Å²) in [5, 5.41) is 8.86. The molecule has 15 heavy (non-hydrogen) atoms. The Labute approximate surface area is 91.2 Å². The van der Waals surface area contributed by atoms with Gasteiger partial charge in [0.2, 0.25) is 0 Å². The minimum atomic E-state index is -4.09. The van der Waals surface area contributed by atoms with Crippen molar-refractivity contribution in [2.75, 3.05) is 12.4 Å². The fraction of sp³-hybridized carbons (Fsp3) is 1.00. The van der Waals surface area contributed by atoms with Gasteiger partial charge in [-0.1, -0.05) is 19.8 Å². The summed E-state index contributed by atoms with van der Waals surface area (Å²) in [6.45, 7) is 3.47. The lowest BCUT2D eigenvalue weighted by Crippen LogP contribution is -2.30. The predicted molar refractivity (Wildman–Crippen MR) is 57.4 cm³/mol. The second kappa shape index (κ2) is 7.16. The quantitative estimate of drug-likeness (QED) is 0.614. The number of hydrogen-bond acceptors (Lipinski definition) is 4. The Morgan fingerprint density at radius 1 is 1.40 bits per heavy atom. The molecule has 0 fully saturated rings. The molecule has 0 amide bonds. The van der Waals surface area contributed by atoms with Crippen LogP contribution in [-0.4, -0.2) is 42.6 Å². The van der Waals surface area contributed by atoms with Gasteiger partial charge >= 0.3 is 0 Å². The van der Waals surface area contributed by atoms with Gasteiger partial charge in [-0.3, -0.25) is 4.55 Å². The molecule has 6 heteroatoms. The zero-order valence-electron chi connectivity index (χ0n) is 9.22. The Morgan fingerprint density at radius 3 is 2.40 bits per heavy atom. The molecule has 0 saturated heterocycles. The summed E-state index contributed by atoms with van der Waals surface area (Å²) in [4.78, 5) is 0. The van der Waals surface area contributed by atoms with E-state index in [9.17, 15) is 8.42 Å². The molecule has 0 spiro atoms. The van der Waals surface area contributed by atoms with Crippen LogP contribution in [0.5, 0.6) is 0 Å². The van der Waals surface area contributed by atoms with Crippen molar-refractivity contribution in [3.05, 3.63) is 0 Å². The Balaban J connectivity index is 3.98. The molecular weight excluding hydrogens is 220 g/mol. The fourth-order valence-electron chi connectivity index (χ4n) is 1.26. The van der Waals surface area contributed by atoms with Gasteiger partial charge in [-0.05, 0) is 13.3 Å². The third kappa shape index (κ3) is 8.80. The monoisotopic (exact) mass is 240 g/mol. The van der Waals surface area contributed by atoms with Crippen LogP contribution in [0, 0.1) is 0 Å². The number of hydrogen-bond donors (Lipinski definition) is 2. The van der Waals surface area contributed by atoms with Crippen molar-refractivity contribution in [1.29, 1.82) is 0 Å². The topological polar surface area (TPSA) is 83.8 Å². The molecule has 0 aliphatic heterocycles. The maximum absolute atomic E-state index is 10.6. The number of ether oxygens (including phenoxy) is 1. The Bertz CT molecular complexity index is 249. The van der Waals surface area contributed by atoms with Crippen LogP contribution in [0.25, 0.3) is 0 Å². The van der Waals surface area contributed by atoms with Gasteiger partial charge in [0.05, 0.1) is 18.8 Å². The average Bonchev–Trinajstić information content (AvgIpc) is 2.11. The van der Waals surface area contributed by atoms with Crippen LogP contribution in [-0.2, 0) is 14.9 Å². The van der Waals surface area contributed by atoms with Crippen molar-refractivity contribution < 1.29 is 22.8 Å². The molecule has 0 heterocycles. The lowest BCUT2D eigenvalue weighted by atomic mass is 10.2. The fourth-order valence-corrected chi connectivity index (χ4v) is 1.91. The van der Waals surface area contributed by atoms with Gasteiger partial charge in [-0.2, -0.15) is 8.42 Å². The normalized spacial score (nSPS) is 16.3. The molecule has 2 atom stereocenters. The summed E-state index contributed by atoms with van der Waals surface area (Å²) in [5.41, 5.74) is 0. The molecule has 0 aromatic carbocycles. The van der Waals surface area contributed by atoms with E-state index in [0.29, 0.717) is 0 Å². The number of aliphatic hydroxyl groups is 1. The lowest BCUT2D eigenvalue weighted by Gasteiger charge is -2.19. The van der Waals surface area contributed by atoms with Crippen LogP contribution < -0.4 is 0 Å². The third-order valence-corrected chi connectivity index (χ3v) is 2.78. The van der Waals surface area contributed by atoms with Crippen molar-refractivity contribution in [2.45, 2.75) is 45.3 Å². The van der Waals surface area contributed by atoms with E-state index < -0.39 is 28.6 Å². The van der Waals surface area contributed by atoms with Gasteiger partial charge in [-0.15, -0.1) is 0 Å². The van der Waals surface area contributed by atoms with E-state index in [2.05, 4.69) is 6.92 Å². The van der Waals surface area contributed by atoms with E-state index in [1.807, 2.05) is 6.92 Å². The Kier molecular flexibility index (Phi) is 7.08. The number of unbranched alkanes of at least 4 members (excludes halogenated alkanes) is 1. The molecule has 0 bridgehead atoms. The second-order valence-electron chi connectivity index (χ2n) is 3.64. The second-order valence-corrected chi connectivity index (χ2v) is 5.14. The highest BCUT2D eigenvalue weighted by Gasteiger charge is 2.18. The van der Waals surface area contributed by atoms with Crippen molar-refractivity contribution in [1.82, 2.24) is 0 Å². The van der Waals surface area contributed by atoms with E-state index in [1.165, 1.54) is 0 Å². The summed E-state index contributed by atoms with van der Waals surface area (Å²) < 4.78 is 35.0. The highest BCUT2D eigenvalue weighted by molar-refractivity contribution is 7.85. The summed E-state index contributed by atoms with van der Waals surface area (Å²) in [6.07, 6.45) is 1.90. The molecule has 0 rings (SSSR count). The standard InChI is InChI=1S/C9H20O5S/c1-3-4-5-8(2)14-9(6-10)7-15(11,12)13/h8-10H,3-7H2,1-2H3,(H,11,12,13). The van der Waals surface area contributed by atoms with Crippen molar-refractivity contribution in [3.63, 3.8) is 0 Å². The maximum Gasteiger partial charge on any atom is 0.267 e. The Hall–Kier alpha value is -0.170. The zero-order valence-corrected chi connectivity index (χ0v) is 10.0. The predicted octanol–water partition coefficient (Wildman–Crippen LogP) is 0.830. The van der Waals surface area contributed by atoms with E-state index in [4.69, 9.17) is 14.4 Å². The first-order valence-electron chi connectivity index (χ1n) is 5.10. The molecule has 2 unspecified atom stereocenters. The van der Waals surface area contributed by atoms with Crippen molar-refractivity contribution >= 4 is 10.1 Å². The smallest absolute Gasteiger partial charge is 0.267 e. The van der Waals surface area contributed by atoms with Crippen LogP contribution in [0.2, 0.25) is 0 Å². The van der Waals surface area contributed by atoms with Gasteiger partial charge < -0.3 is 9.84 Å². The molecule has 5 nitrogen and oxygen atoms in total. The molecule has 0 aromatic heterocycles. The van der Waals surface area contributed by atoms with Crippen LogP contribution >= 0.6 is 0 Å². The molecule has 0 aromatic rings. The van der Waals surface area contributed by atoms with Crippen molar-refractivity contribution in [2.24, 2.45) is 0 Å². The molecule has 0 aliphatic rings. The molecular formula is C9H20O5S. The SMILES string of the molecule is CCCCC(C)OC(CO)CS(=O)(=O)O. The summed E-state index contributed by atoms with van der Waals surface area (Å²) in [7, 11) is -4.09. The van der Waals surface area contributed by atoms with Gasteiger partial charge in [0.25, 0.3) is 10.1 Å². The first kappa shape index (κ1) is 14.8. The van der Waals surface area contributed by atoms with E-state index >= 15 is 0 Å².